The molecular formula is C15H18ClN3OS. The number of aromatic nitrogens is 2. The van der Waals surface area contributed by atoms with Gasteiger partial charge in [-0.3, -0.25) is 4.79 Å². The number of aryl methyl sites for hydroxylation is 1. The molecule has 0 aliphatic heterocycles. The molecule has 0 unspecified atom stereocenters. The molecule has 2 aromatic rings. The van der Waals surface area contributed by atoms with E-state index in [0.29, 0.717) is 16.8 Å². The first-order valence-electron chi connectivity index (χ1n) is 7.25. The van der Waals surface area contributed by atoms with Gasteiger partial charge in [-0.15, -0.1) is 0 Å². The van der Waals surface area contributed by atoms with Crippen LogP contribution in [0.3, 0.4) is 0 Å². The minimum atomic E-state index is 0.0932. The zero-order chi connectivity index (χ0) is 14.8. The number of amides is 1. The smallest absolute Gasteiger partial charge is 0.230 e. The molecule has 1 aliphatic carbocycles. The van der Waals surface area contributed by atoms with Crippen LogP contribution in [-0.2, 0) is 11.3 Å². The van der Waals surface area contributed by atoms with Crippen molar-refractivity contribution >= 4 is 40.3 Å². The van der Waals surface area contributed by atoms with E-state index in [2.05, 4.69) is 21.8 Å². The summed E-state index contributed by atoms with van der Waals surface area (Å²) in [7, 11) is 0. The average Bonchev–Trinajstić information content (AvgIpc) is 3.19. The molecule has 0 radical (unpaired) electrons. The monoisotopic (exact) mass is 323 g/mol. The summed E-state index contributed by atoms with van der Waals surface area (Å²) in [5, 5.41) is 4.58. The average molecular weight is 324 g/mol. The van der Waals surface area contributed by atoms with Crippen LogP contribution in [0.5, 0.6) is 0 Å². The Kier molecular flexibility index (Phi) is 4.40. The Balaban J connectivity index is 1.78. The maximum atomic E-state index is 11.8. The van der Waals surface area contributed by atoms with Gasteiger partial charge in [-0.25, -0.2) is 4.98 Å². The number of halogens is 1. The van der Waals surface area contributed by atoms with Gasteiger partial charge in [0.2, 0.25) is 5.91 Å². The minimum Gasteiger partial charge on any atom is -0.353 e. The Morgan fingerprint density at radius 2 is 2.33 bits per heavy atom. The maximum Gasteiger partial charge on any atom is 0.230 e. The highest BCUT2D eigenvalue weighted by Crippen LogP contribution is 2.27. The highest BCUT2D eigenvalue weighted by Gasteiger charge is 2.23. The number of rotatable bonds is 6. The topological polar surface area (TPSA) is 46.9 Å². The number of carbonyl (C=O) groups is 1. The molecule has 1 heterocycles. The van der Waals surface area contributed by atoms with Crippen molar-refractivity contribution in [2.75, 3.05) is 5.75 Å². The normalized spacial score (nSPS) is 14.6. The summed E-state index contributed by atoms with van der Waals surface area (Å²) in [6.45, 7) is 3.03. The molecule has 21 heavy (non-hydrogen) atoms. The van der Waals surface area contributed by atoms with Crippen LogP contribution in [0.1, 0.15) is 26.2 Å². The largest absolute Gasteiger partial charge is 0.353 e. The second kappa shape index (κ2) is 6.28. The summed E-state index contributed by atoms with van der Waals surface area (Å²) < 4.78 is 2.17. The van der Waals surface area contributed by atoms with Crippen molar-refractivity contribution in [1.29, 1.82) is 0 Å². The molecule has 0 spiro atoms. The summed E-state index contributed by atoms with van der Waals surface area (Å²) in [5.41, 5.74) is 1.97. The molecule has 112 valence electrons. The Labute approximate surface area is 133 Å². The van der Waals surface area contributed by atoms with Gasteiger partial charge in [0.05, 0.1) is 16.8 Å². The lowest BCUT2D eigenvalue weighted by Gasteiger charge is -2.07. The van der Waals surface area contributed by atoms with Gasteiger partial charge >= 0.3 is 0 Å². The fourth-order valence-electron chi connectivity index (χ4n) is 2.26. The summed E-state index contributed by atoms with van der Waals surface area (Å²) in [6, 6.07) is 6.16. The Hall–Kier alpha value is -1.20. The van der Waals surface area contributed by atoms with E-state index >= 15 is 0 Å². The van der Waals surface area contributed by atoms with Crippen molar-refractivity contribution in [3.8, 4) is 0 Å². The number of nitrogens with zero attached hydrogens (tertiary/aromatic N) is 2. The fraction of sp³-hybridized carbons (Fsp3) is 0.467. The van der Waals surface area contributed by atoms with Crippen LogP contribution in [0.15, 0.2) is 23.4 Å². The van der Waals surface area contributed by atoms with E-state index in [-0.39, 0.29) is 5.91 Å². The van der Waals surface area contributed by atoms with E-state index in [1.54, 1.807) is 0 Å². The van der Waals surface area contributed by atoms with Crippen LogP contribution in [0, 0.1) is 0 Å². The first-order chi connectivity index (χ1) is 10.2. The Morgan fingerprint density at radius 3 is 3.05 bits per heavy atom. The molecule has 3 rings (SSSR count). The number of hydrogen-bond acceptors (Lipinski definition) is 3. The molecule has 6 heteroatoms. The van der Waals surface area contributed by atoms with Crippen molar-refractivity contribution in [1.82, 2.24) is 14.9 Å². The van der Waals surface area contributed by atoms with Crippen molar-refractivity contribution < 1.29 is 4.79 Å². The SMILES string of the molecule is CCCn1c(SCC(=O)NC2CC2)nc2cc(Cl)ccc21. The number of hydrogen-bond donors (Lipinski definition) is 1. The molecule has 1 aromatic carbocycles. The first kappa shape index (κ1) is 14.7. The molecule has 1 aromatic heterocycles. The van der Waals surface area contributed by atoms with Gasteiger partial charge in [-0.1, -0.05) is 30.3 Å². The standard InChI is InChI=1S/C15H18ClN3OS/c1-2-7-19-13-6-3-10(16)8-12(13)18-15(19)21-9-14(20)17-11-4-5-11/h3,6,8,11H,2,4-5,7,9H2,1H3,(H,17,20). The summed E-state index contributed by atoms with van der Waals surface area (Å²) in [6.07, 6.45) is 3.25. The van der Waals surface area contributed by atoms with E-state index in [1.807, 2.05) is 18.2 Å². The molecule has 0 atom stereocenters. The predicted octanol–water partition coefficient (Wildman–Crippen LogP) is 3.47. The second-order valence-corrected chi connectivity index (χ2v) is 6.69. The lowest BCUT2D eigenvalue weighted by atomic mass is 10.3. The molecule has 0 saturated heterocycles. The summed E-state index contributed by atoms with van der Waals surface area (Å²) in [5.74, 6) is 0.507. The summed E-state index contributed by atoms with van der Waals surface area (Å²) in [4.78, 5) is 16.4. The van der Waals surface area contributed by atoms with Crippen molar-refractivity contribution in [2.24, 2.45) is 0 Å². The number of imidazole rings is 1. The fourth-order valence-corrected chi connectivity index (χ4v) is 3.28. The number of carbonyl (C=O) groups excluding carboxylic acids is 1. The van der Waals surface area contributed by atoms with Gasteiger partial charge < -0.3 is 9.88 Å². The van der Waals surface area contributed by atoms with Crippen LogP contribution in [0.2, 0.25) is 5.02 Å². The van der Waals surface area contributed by atoms with Crippen molar-refractivity contribution in [2.45, 2.75) is 43.9 Å². The molecule has 1 amide bonds. The molecular weight excluding hydrogens is 306 g/mol. The number of thioether (sulfide) groups is 1. The highest BCUT2D eigenvalue weighted by molar-refractivity contribution is 7.99. The zero-order valence-electron chi connectivity index (χ0n) is 11.9. The van der Waals surface area contributed by atoms with Gasteiger partial charge in [0, 0.05) is 17.6 Å². The van der Waals surface area contributed by atoms with Gasteiger partial charge in [0.1, 0.15) is 0 Å². The first-order valence-corrected chi connectivity index (χ1v) is 8.61. The van der Waals surface area contributed by atoms with Crippen LogP contribution >= 0.6 is 23.4 Å². The van der Waals surface area contributed by atoms with E-state index in [4.69, 9.17) is 11.6 Å². The molecule has 1 aliphatic rings. The van der Waals surface area contributed by atoms with E-state index in [9.17, 15) is 4.79 Å². The number of fused-ring (bicyclic) bond motifs is 1. The predicted molar refractivity (Wildman–Crippen MR) is 86.9 cm³/mol. The minimum absolute atomic E-state index is 0.0932. The third-order valence-electron chi connectivity index (χ3n) is 3.40. The zero-order valence-corrected chi connectivity index (χ0v) is 13.5. The molecule has 1 fully saturated rings. The van der Waals surface area contributed by atoms with Gasteiger partial charge in [-0.2, -0.15) is 0 Å². The molecule has 4 nitrogen and oxygen atoms in total. The number of benzene rings is 1. The van der Waals surface area contributed by atoms with Crippen LogP contribution in [0.4, 0.5) is 0 Å². The Bertz CT molecular complexity index is 666. The van der Waals surface area contributed by atoms with E-state index in [0.717, 1.165) is 42.0 Å². The lowest BCUT2D eigenvalue weighted by molar-refractivity contribution is -0.118. The summed E-state index contributed by atoms with van der Waals surface area (Å²) >= 11 is 7.52. The third-order valence-corrected chi connectivity index (χ3v) is 4.61. The third kappa shape index (κ3) is 3.52. The molecule has 1 N–H and O–H groups in total. The van der Waals surface area contributed by atoms with Crippen LogP contribution in [0.25, 0.3) is 11.0 Å². The van der Waals surface area contributed by atoms with Gasteiger partial charge in [-0.05, 0) is 37.5 Å². The maximum absolute atomic E-state index is 11.8. The van der Waals surface area contributed by atoms with Gasteiger partial charge in [0.15, 0.2) is 5.16 Å². The van der Waals surface area contributed by atoms with Crippen LogP contribution < -0.4 is 5.32 Å². The van der Waals surface area contributed by atoms with Crippen LogP contribution in [-0.4, -0.2) is 27.3 Å². The Morgan fingerprint density at radius 1 is 1.52 bits per heavy atom. The highest BCUT2D eigenvalue weighted by atomic mass is 35.5. The second-order valence-electron chi connectivity index (χ2n) is 5.31. The van der Waals surface area contributed by atoms with Crippen molar-refractivity contribution in [3.05, 3.63) is 23.2 Å². The van der Waals surface area contributed by atoms with Crippen molar-refractivity contribution in [3.63, 3.8) is 0 Å². The number of nitrogens with one attached hydrogen (secondary N) is 1. The lowest BCUT2D eigenvalue weighted by Crippen LogP contribution is -2.27. The van der Waals surface area contributed by atoms with E-state index < -0.39 is 0 Å². The van der Waals surface area contributed by atoms with E-state index in [1.165, 1.54) is 11.8 Å². The molecule has 1 saturated carbocycles. The van der Waals surface area contributed by atoms with Gasteiger partial charge in [0.25, 0.3) is 0 Å². The quantitative estimate of drug-likeness (QED) is 0.828. The molecule has 0 bridgehead atoms.